The first kappa shape index (κ1) is 17.5. The standard InChI is InChI=1S/C16H16Cl2F2N2O2/c17-10-7-11-9(1-6-21-11)13(18)12(10)14(23)22-8-15(24)2-4-16(19,20)5-3-15/h1,6-7,21,24H,2-5,8H2,(H,22,23). The Balaban J connectivity index is 1.74. The number of nitrogens with one attached hydrogen (secondary N) is 2. The van der Waals surface area contributed by atoms with E-state index < -0.39 is 30.3 Å². The van der Waals surface area contributed by atoms with Gasteiger partial charge in [-0.05, 0) is 25.0 Å². The van der Waals surface area contributed by atoms with Gasteiger partial charge in [-0.2, -0.15) is 0 Å². The number of rotatable bonds is 3. The van der Waals surface area contributed by atoms with E-state index in [1.807, 2.05) is 0 Å². The van der Waals surface area contributed by atoms with E-state index in [1.165, 1.54) is 0 Å². The molecule has 0 aliphatic heterocycles. The van der Waals surface area contributed by atoms with E-state index in [1.54, 1.807) is 18.3 Å². The third kappa shape index (κ3) is 3.36. The summed E-state index contributed by atoms with van der Waals surface area (Å²) in [6, 6.07) is 3.31. The number of hydrogen-bond donors (Lipinski definition) is 3. The van der Waals surface area contributed by atoms with Crippen LogP contribution < -0.4 is 5.32 Å². The topological polar surface area (TPSA) is 65.1 Å². The molecule has 24 heavy (non-hydrogen) atoms. The number of benzene rings is 1. The van der Waals surface area contributed by atoms with E-state index in [2.05, 4.69) is 10.3 Å². The number of alkyl halides is 2. The van der Waals surface area contributed by atoms with Crippen LogP contribution in [0.1, 0.15) is 36.0 Å². The van der Waals surface area contributed by atoms with E-state index in [4.69, 9.17) is 23.2 Å². The number of amides is 1. The molecule has 1 aliphatic carbocycles. The molecule has 3 rings (SSSR count). The van der Waals surface area contributed by atoms with Crippen LogP contribution in [0.4, 0.5) is 8.78 Å². The fourth-order valence-corrected chi connectivity index (χ4v) is 3.62. The van der Waals surface area contributed by atoms with Crippen molar-refractivity contribution in [3.8, 4) is 0 Å². The van der Waals surface area contributed by atoms with Crippen molar-refractivity contribution in [2.45, 2.75) is 37.2 Å². The molecule has 4 nitrogen and oxygen atoms in total. The zero-order valence-electron chi connectivity index (χ0n) is 12.6. The van der Waals surface area contributed by atoms with Crippen LogP contribution in [-0.4, -0.2) is 34.1 Å². The summed E-state index contributed by atoms with van der Waals surface area (Å²) >= 11 is 12.4. The maximum Gasteiger partial charge on any atom is 0.254 e. The molecule has 0 saturated heterocycles. The molecule has 8 heteroatoms. The average Bonchev–Trinajstić information content (AvgIpc) is 2.97. The molecule has 2 aromatic rings. The van der Waals surface area contributed by atoms with Crippen LogP contribution in [0.15, 0.2) is 18.3 Å². The summed E-state index contributed by atoms with van der Waals surface area (Å²) in [6.07, 6.45) is 0.753. The van der Waals surface area contributed by atoms with Gasteiger partial charge in [-0.3, -0.25) is 4.79 Å². The van der Waals surface area contributed by atoms with Crippen LogP contribution in [0.2, 0.25) is 10.0 Å². The molecule has 0 unspecified atom stereocenters. The lowest BCUT2D eigenvalue weighted by atomic mass is 9.82. The van der Waals surface area contributed by atoms with Crippen LogP contribution in [0.5, 0.6) is 0 Å². The highest BCUT2D eigenvalue weighted by atomic mass is 35.5. The first-order valence-corrected chi connectivity index (χ1v) is 8.30. The highest BCUT2D eigenvalue weighted by molar-refractivity contribution is 6.43. The van der Waals surface area contributed by atoms with Gasteiger partial charge in [-0.25, -0.2) is 8.78 Å². The van der Waals surface area contributed by atoms with Crippen LogP contribution >= 0.6 is 23.2 Å². The zero-order chi connectivity index (χ0) is 17.5. The number of fused-ring (bicyclic) bond motifs is 1. The largest absolute Gasteiger partial charge is 0.388 e. The van der Waals surface area contributed by atoms with Gasteiger partial charge in [0.05, 0.1) is 21.2 Å². The second-order valence-electron chi connectivity index (χ2n) is 6.25. The summed E-state index contributed by atoms with van der Waals surface area (Å²) in [6.45, 7) is -0.125. The van der Waals surface area contributed by atoms with E-state index in [9.17, 15) is 18.7 Å². The molecule has 1 heterocycles. The Labute approximate surface area is 147 Å². The van der Waals surface area contributed by atoms with E-state index in [0.717, 1.165) is 0 Å². The SMILES string of the molecule is O=C(NCC1(O)CCC(F)(F)CC1)c1c(Cl)cc2[nH]ccc2c1Cl. The molecule has 1 aromatic heterocycles. The molecule has 1 fully saturated rings. The number of aliphatic hydroxyl groups is 1. The van der Waals surface area contributed by atoms with E-state index in [-0.39, 0.29) is 35.0 Å². The number of carbonyl (C=O) groups is 1. The van der Waals surface area contributed by atoms with Gasteiger partial charge in [0.1, 0.15) is 0 Å². The lowest BCUT2D eigenvalue weighted by Gasteiger charge is -2.35. The monoisotopic (exact) mass is 376 g/mol. The molecule has 1 amide bonds. The van der Waals surface area contributed by atoms with Crippen molar-refractivity contribution in [3.63, 3.8) is 0 Å². The molecule has 1 saturated carbocycles. The Morgan fingerprint density at radius 1 is 1.29 bits per heavy atom. The minimum Gasteiger partial charge on any atom is -0.388 e. The van der Waals surface area contributed by atoms with Crippen molar-refractivity contribution in [2.75, 3.05) is 6.54 Å². The predicted molar refractivity (Wildman–Crippen MR) is 89.0 cm³/mol. The Kier molecular flexibility index (Phi) is 4.49. The van der Waals surface area contributed by atoms with Gasteiger partial charge in [-0.15, -0.1) is 0 Å². The summed E-state index contributed by atoms with van der Waals surface area (Å²) in [5.41, 5.74) is -0.529. The number of carbonyl (C=O) groups excluding carboxylic acids is 1. The van der Waals surface area contributed by atoms with E-state index >= 15 is 0 Å². The van der Waals surface area contributed by atoms with E-state index in [0.29, 0.717) is 10.9 Å². The van der Waals surface area contributed by atoms with Gasteiger partial charge in [0.15, 0.2) is 0 Å². The van der Waals surface area contributed by atoms with Gasteiger partial charge in [-0.1, -0.05) is 23.2 Å². The average molecular weight is 377 g/mol. The molecule has 130 valence electrons. The Morgan fingerprint density at radius 2 is 1.96 bits per heavy atom. The minimum absolute atomic E-state index is 0.0708. The van der Waals surface area contributed by atoms with Crippen LogP contribution in [0.25, 0.3) is 10.9 Å². The van der Waals surface area contributed by atoms with Crippen molar-refractivity contribution in [1.29, 1.82) is 0 Å². The van der Waals surface area contributed by atoms with Crippen LogP contribution in [-0.2, 0) is 0 Å². The fraction of sp³-hybridized carbons (Fsp3) is 0.438. The van der Waals surface area contributed by atoms with Gasteiger partial charge in [0.25, 0.3) is 5.91 Å². The minimum atomic E-state index is -2.75. The molecule has 0 atom stereocenters. The quantitative estimate of drug-likeness (QED) is 0.753. The summed E-state index contributed by atoms with van der Waals surface area (Å²) in [7, 11) is 0. The maximum atomic E-state index is 13.2. The predicted octanol–water partition coefficient (Wildman–Crippen LogP) is 4.14. The number of aromatic amines is 1. The molecule has 1 aliphatic rings. The summed E-state index contributed by atoms with van der Waals surface area (Å²) < 4.78 is 26.4. The van der Waals surface area contributed by atoms with Crippen LogP contribution in [0.3, 0.4) is 0 Å². The van der Waals surface area contributed by atoms with Gasteiger partial charge >= 0.3 is 0 Å². The van der Waals surface area contributed by atoms with Gasteiger partial charge < -0.3 is 15.4 Å². The number of aromatic nitrogens is 1. The molecule has 0 radical (unpaired) electrons. The lowest BCUT2D eigenvalue weighted by molar-refractivity contribution is -0.101. The summed E-state index contributed by atoms with van der Waals surface area (Å²) in [4.78, 5) is 15.4. The van der Waals surface area contributed by atoms with Crippen molar-refractivity contribution in [3.05, 3.63) is 33.9 Å². The first-order valence-electron chi connectivity index (χ1n) is 7.54. The van der Waals surface area contributed by atoms with Crippen molar-refractivity contribution in [2.24, 2.45) is 0 Å². The fourth-order valence-electron chi connectivity index (χ4n) is 2.93. The number of H-pyrrole nitrogens is 1. The molecule has 0 spiro atoms. The van der Waals surface area contributed by atoms with Gasteiger partial charge in [0.2, 0.25) is 5.92 Å². The highest BCUT2D eigenvalue weighted by Gasteiger charge is 2.42. The normalized spacial score (nSPS) is 19.4. The smallest absolute Gasteiger partial charge is 0.254 e. The van der Waals surface area contributed by atoms with Crippen molar-refractivity contribution < 1.29 is 18.7 Å². The second-order valence-corrected chi connectivity index (χ2v) is 7.03. The van der Waals surface area contributed by atoms with Crippen molar-refractivity contribution >= 4 is 40.0 Å². The third-order valence-corrected chi connectivity index (χ3v) is 5.15. The Morgan fingerprint density at radius 3 is 2.62 bits per heavy atom. The Bertz CT molecular complexity index is 782. The molecule has 1 aromatic carbocycles. The molecular formula is C16H16Cl2F2N2O2. The maximum absolute atomic E-state index is 13.2. The van der Waals surface area contributed by atoms with Crippen molar-refractivity contribution in [1.82, 2.24) is 10.3 Å². The Hall–Kier alpha value is -1.37. The number of halogens is 4. The zero-order valence-corrected chi connectivity index (χ0v) is 14.1. The summed E-state index contributed by atoms with van der Waals surface area (Å²) in [5, 5.41) is 14.0. The third-order valence-electron chi connectivity index (χ3n) is 4.46. The molecular weight excluding hydrogens is 361 g/mol. The second kappa shape index (κ2) is 6.17. The van der Waals surface area contributed by atoms with Crippen LogP contribution in [0, 0.1) is 0 Å². The highest BCUT2D eigenvalue weighted by Crippen LogP contribution is 2.38. The molecule has 3 N–H and O–H groups in total. The molecule has 0 bridgehead atoms. The first-order chi connectivity index (χ1) is 11.2. The lowest BCUT2D eigenvalue weighted by Crippen LogP contribution is -2.47. The van der Waals surface area contributed by atoms with Gasteiger partial charge in [0, 0.05) is 36.5 Å². The number of hydrogen-bond acceptors (Lipinski definition) is 2. The summed E-state index contributed by atoms with van der Waals surface area (Å²) in [5.74, 6) is -3.29.